The molecule has 1 N–H and O–H groups in total. The fraction of sp³-hybridized carbons (Fsp3) is 0.647. The van der Waals surface area contributed by atoms with Crippen molar-refractivity contribution in [3.63, 3.8) is 0 Å². The van der Waals surface area contributed by atoms with E-state index in [1.165, 1.54) is 63.8 Å². The molecule has 4 heterocycles. The molecule has 0 aromatic carbocycles. The summed E-state index contributed by atoms with van der Waals surface area (Å²) in [5.74, 6) is 0. The Morgan fingerprint density at radius 1 is 1.14 bits per heavy atom. The van der Waals surface area contributed by atoms with Gasteiger partial charge in [-0.05, 0) is 69.8 Å². The van der Waals surface area contributed by atoms with E-state index in [2.05, 4.69) is 20.3 Å². The normalized spacial score (nSPS) is 22.9. The molecule has 0 aliphatic carbocycles. The molecule has 4 rings (SSSR count). The summed E-state index contributed by atoms with van der Waals surface area (Å²) in [7, 11) is 0. The predicted octanol–water partition coefficient (Wildman–Crippen LogP) is 2.08. The Morgan fingerprint density at radius 2 is 2.05 bits per heavy atom. The van der Waals surface area contributed by atoms with Crippen LogP contribution in [0.2, 0.25) is 0 Å². The van der Waals surface area contributed by atoms with Crippen molar-refractivity contribution in [2.45, 2.75) is 38.6 Å². The topological polar surface area (TPSA) is 45.5 Å². The molecule has 22 heavy (non-hydrogen) atoms. The molecular weight excluding hydrogens is 274 g/mol. The van der Waals surface area contributed by atoms with E-state index in [1.54, 1.807) is 0 Å². The Balaban J connectivity index is 1.45. The highest BCUT2D eigenvalue weighted by Gasteiger charge is 2.33. The van der Waals surface area contributed by atoms with Crippen molar-refractivity contribution in [2.24, 2.45) is 5.41 Å². The van der Waals surface area contributed by atoms with Gasteiger partial charge in [-0.3, -0.25) is 4.90 Å². The molecule has 5 heteroatoms. The van der Waals surface area contributed by atoms with Crippen LogP contribution in [0.5, 0.6) is 0 Å². The Labute approximate surface area is 131 Å². The first-order valence-corrected chi connectivity index (χ1v) is 8.55. The van der Waals surface area contributed by atoms with Crippen LogP contribution < -0.4 is 5.32 Å². The highest BCUT2D eigenvalue weighted by Crippen LogP contribution is 2.39. The van der Waals surface area contributed by atoms with E-state index in [0.717, 1.165) is 12.2 Å². The second-order valence-corrected chi connectivity index (χ2v) is 6.94. The second kappa shape index (κ2) is 5.97. The predicted molar refractivity (Wildman–Crippen MR) is 86.7 cm³/mol. The maximum Gasteiger partial charge on any atom is 0.159 e. The van der Waals surface area contributed by atoms with Crippen LogP contribution in [0.1, 0.15) is 37.7 Å². The van der Waals surface area contributed by atoms with Gasteiger partial charge in [0.15, 0.2) is 5.65 Å². The molecule has 1 spiro atoms. The minimum Gasteiger partial charge on any atom is -0.317 e. The Kier molecular flexibility index (Phi) is 3.84. The molecule has 0 radical (unpaired) electrons. The molecule has 2 aromatic rings. The van der Waals surface area contributed by atoms with Gasteiger partial charge < -0.3 is 5.32 Å². The fourth-order valence-electron chi connectivity index (χ4n) is 4.15. The number of fused-ring (bicyclic) bond motifs is 1. The number of nitrogens with zero attached hydrogens (tertiary/aromatic N) is 4. The summed E-state index contributed by atoms with van der Waals surface area (Å²) in [5, 5.41) is 7.92. The van der Waals surface area contributed by atoms with Gasteiger partial charge in [0, 0.05) is 24.5 Å². The number of hydrogen-bond donors (Lipinski definition) is 1. The van der Waals surface area contributed by atoms with Gasteiger partial charge in [0.1, 0.15) is 0 Å². The van der Waals surface area contributed by atoms with Crippen molar-refractivity contribution >= 4 is 5.65 Å². The summed E-state index contributed by atoms with van der Waals surface area (Å²) in [5.41, 5.74) is 2.87. The highest BCUT2D eigenvalue weighted by molar-refractivity contribution is 5.45. The molecule has 0 amide bonds. The van der Waals surface area contributed by atoms with Crippen LogP contribution in [0.4, 0.5) is 0 Å². The summed E-state index contributed by atoms with van der Waals surface area (Å²) >= 11 is 0. The average molecular weight is 299 g/mol. The third kappa shape index (κ3) is 2.75. The molecule has 2 fully saturated rings. The van der Waals surface area contributed by atoms with Crippen LogP contribution in [0.25, 0.3) is 5.65 Å². The fourth-order valence-corrected chi connectivity index (χ4v) is 4.15. The Hall–Kier alpha value is -1.46. The van der Waals surface area contributed by atoms with Gasteiger partial charge in [-0.15, -0.1) is 0 Å². The summed E-state index contributed by atoms with van der Waals surface area (Å²) in [6.45, 7) is 5.81. The minimum atomic E-state index is 0.610. The smallest absolute Gasteiger partial charge is 0.159 e. The molecule has 5 nitrogen and oxygen atoms in total. The van der Waals surface area contributed by atoms with Crippen molar-refractivity contribution in [3.8, 4) is 0 Å². The van der Waals surface area contributed by atoms with Crippen LogP contribution in [-0.2, 0) is 6.54 Å². The van der Waals surface area contributed by atoms with Gasteiger partial charge in [-0.2, -0.15) is 5.10 Å². The molecule has 0 atom stereocenters. The molecule has 2 aromatic heterocycles. The lowest BCUT2D eigenvalue weighted by Gasteiger charge is -2.37. The standard InChI is InChI=1S/C17H25N5/c1-3-17(4-8-18-9-5-17)6-12-21(10-1)14-15-13-20-22-11-2-7-19-16(15)22/h2,7,11,13,18H,1,3-6,8-10,12,14H2. The van der Waals surface area contributed by atoms with E-state index >= 15 is 0 Å². The van der Waals surface area contributed by atoms with Gasteiger partial charge in [0.25, 0.3) is 0 Å². The quantitative estimate of drug-likeness (QED) is 0.922. The van der Waals surface area contributed by atoms with Crippen molar-refractivity contribution < 1.29 is 0 Å². The van der Waals surface area contributed by atoms with E-state index in [4.69, 9.17) is 0 Å². The largest absolute Gasteiger partial charge is 0.317 e. The van der Waals surface area contributed by atoms with Gasteiger partial charge >= 0.3 is 0 Å². The zero-order chi connectivity index (χ0) is 14.8. The number of nitrogens with one attached hydrogen (secondary N) is 1. The number of hydrogen-bond acceptors (Lipinski definition) is 4. The van der Waals surface area contributed by atoms with Crippen molar-refractivity contribution in [2.75, 3.05) is 26.2 Å². The third-order valence-corrected chi connectivity index (χ3v) is 5.55. The van der Waals surface area contributed by atoms with Crippen LogP contribution in [0.15, 0.2) is 24.7 Å². The van der Waals surface area contributed by atoms with Crippen LogP contribution >= 0.6 is 0 Å². The first-order chi connectivity index (χ1) is 10.8. The van der Waals surface area contributed by atoms with Crippen LogP contribution in [0.3, 0.4) is 0 Å². The molecule has 0 saturated carbocycles. The zero-order valence-electron chi connectivity index (χ0n) is 13.2. The average Bonchev–Trinajstić information content (AvgIpc) is 2.87. The third-order valence-electron chi connectivity index (χ3n) is 5.55. The highest BCUT2D eigenvalue weighted by atomic mass is 15.2. The molecule has 118 valence electrons. The molecule has 0 bridgehead atoms. The lowest BCUT2D eigenvalue weighted by atomic mass is 9.73. The van der Waals surface area contributed by atoms with Gasteiger partial charge in [0.05, 0.1) is 6.20 Å². The maximum absolute atomic E-state index is 4.48. The van der Waals surface area contributed by atoms with Gasteiger partial charge in [-0.25, -0.2) is 9.50 Å². The van der Waals surface area contributed by atoms with Crippen LogP contribution in [-0.4, -0.2) is 45.7 Å². The van der Waals surface area contributed by atoms with Crippen molar-refractivity contribution in [1.29, 1.82) is 0 Å². The van der Waals surface area contributed by atoms with Crippen molar-refractivity contribution in [1.82, 2.24) is 24.8 Å². The summed E-state index contributed by atoms with van der Waals surface area (Å²) in [4.78, 5) is 7.08. The lowest BCUT2D eigenvalue weighted by molar-refractivity contribution is 0.167. The first-order valence-electron chi connectivity index (χ1n) is 8.55. The zero-order valence-corrected chi connectivity index (χ0v) is 13.2. The van der Waals surface area contributed by atoms with E-state index in [1.807, 2.05) is 29.2 Å². The number of likely N-dealkylation sites (tertiary alicyclic amines) is 1. The lowest BCUT2D eigenvalue weighted by Crippen LogP contribution is -2.37. The number of piperidine rings is 1. The monoisotopic (exact) mass is 299 g/mol. The molecule has 2 aliphatic rings. The summed E-state index contributed by atoms with van der Waals surface area (Å²) < 4.78 is 1.88. The summed E-state index contributed by atoms with van der Waals surface area (Å²) in [6.07, 6.45) is 12.6. The number of aromatic nitrogens is 3. The molecule has 0 unspecified atom stereocenters. The molecular formula is C17H25N5. The maximum atomic E-state index is 4.48. The molecule has 2 saturated heterocycles. The Bertz CT molecular complexity index is 629. The van der Waals surface area contributed by atoms with Crippen molar-refractivity contribution in [3.05, 3.63) is 30.2 Å². The van der Waals surface area contributed by atoms with Crippen LogP contribution in [0, 0.1) is 5.41 Å². The first kappa shape index (κ1) is 14.2. The summed E-state index contributed by atoms with van der Waals surface area (Å²) in [6, 6.07) is 1.93. The van der Waals surface area contributed by atoms with E-state index in [-0.39, 0.29) is 0 Å². The number of rotatable bonds is 2. The minimum absolute atomic E-state index is 0.610. The second-order valence-electron chi connectivity index (χ2n) is 6.94. The molecule has 2 aliphatic heterocycles. The van der Waals surface area contributed by atoms with Gasteiger partial charge in [0.2, 0.25) is 0 Å². The van der Waals surface area contributed by atoms with Gasteiger partial charge in [-0.1, -0.05) is 0 Å². The van der Waals surface area contributed by atoms with E-state index in [9.17, 15) is 0 Å². The van der Waals surface area contributed by atoms with E-state index < -0.39 is 0 Å². The van der Waals surface area contributed by atoms with E-state index in [0.29, 0.717) is 5.41 Å². The SMILES string of the molecule is c1cnc2c(CN3CCCC4(CCNCC4)CC3)cnn2c1. The Morgan fingerprint density at radius 3 is 2.95 bits per heavy atom.